The minimum atomic E-state index is -3.12. The topological polar surface area (TPSA) is 73.0 Å². The first-order valence-electron chi connectivity index (χ1n) is 8.82. The maximum atomic E-state index is 13.3. The number of nitrogens with one attached hydrogen (secondary N) is 1. The fourth-order valence-electron chi connectivity index (χ4n) is 2.92. The van der Waals surface area contributed by atoms with Gasteiger partial charge >= 0.3 is 0 Å². The average Bonchev–Trinajstić information content (AvgIpc) is 3.38. The molecule has 0 atom stereocenters. The molecule has 0 aliphatic carbocycles. The number of anilines is 1. The Hall–Kier alpha value is -2.92. The third-order valence-corrected chi connectivity index (χ3v) is 5.65. The van der Waals surface area contributed by atoms with Gasteiger partial charge in [-0.1, -0.05) is 29.0 Å². The number of alkyl halides is 4. The van der Waals surface area contributed by atoms with Crippen molar-refractivity contribution in [2.45, 2.75) is 26.3 Å². The molecule has 1 N–H and O–H groups in total. The molecule has 12 heteroatoms. The molecule has 4 aromatic rings. The van der Waals surface area contributed by atoms with Crippen molar-refractivity contribution in [3.8, 4) is 0 Å². The van der Waals surface area contributed by atoms with Crippen molar-refractivity contribution in [2.24, 2.45) is 0 Å². The number of halogens is 5. The van der Waals surface area contributed by atoms with Gasteiger partial charge in [-0.05, 0) is 36.8 Å². The molecule has 162 valence electrons. The molecular formula is C19H13ClF4N4O2S. The molecule has 1 aromatic carbocycles. The predicted octanol–water partition coefficient (Wildman–Crippen LogP) is 6.22. The molecule has 31 heavy (non-hydrogen) atoms. The number of hydrogen-bond donors (Lipinski definition) is 1. The molecule has 0 unspecified atom stereocenters. The van der Waals surface area contributed by atoms with E-state index in [0.29, 0.717) is 9.81 Å². The number of carbonyl (C=O) groups excluding carboxylic acids is 1. The van der Waals surface area contributed by atoms with Crippen LogP contribution in [-0.2, 0) is 6.54 Å². The second-order valence-corrected chi connectivity index (χ2v) is 7.96. The number of furan rings is 1. The molecule has 0 saturated heterocycles. The van der Waals surface area contributed by atoms with E-state index in [4.69, 9.17) is 16.0 Å². The second kappa shape index (κ2) is 8.31. The lowest BCUT2D eigenvalue weighted by Crippen LogP contribution is -2.10. The maximum absolute atomic E-state index is 13.3. The van der Waals surface area contributed by atoms with Crippen LogP contribution in [0.2, 0.25) is 5.02 Å². The van der Waals surface area contributed by atoms with E-state index in [-0.39, 0.29) is 11.5 Å². The minimum absolute atomic E-state index is 0.0620. The smallest absolute Gasteiger partial charge is 0.293 e. The Balaban J connectivity index is 1.53. The standard InChI is InChI=1S/C19H13ClF4N4O2S/c1-8-2-4-10-12(6-8)31-19(25-10)26-18(29)11-5-3-9(30-11)7-28-15(17(23)24)13(20)14(27-28)16(21)22/h2-6,16-17H,7H2,1H3,(H,25,26,29). The maximum Gasteiger partial charge on any atom is 0.293 e. The van der Waals surface area contributed by atoms with Gasteiger partial charge in [0, 0.05) is 0 Å². The summed E-state index contributed by atoms with van der Waals surface area (Å²) in [5, 5.41) is 5.65. The van der Waals surface area contributed by atoms with Crippen LogP contribution in [0.3, 0.4) is 0 Å². The summed E-state index contributed by atoms with van der Waals surface area (Å²) in [5.41, 5.74) is 0.00857. The van der Waals surface area contributed by atoms with Crippen molar-refractivity contribution in [1.29, 1.82) is 0 Å². The summed E-state index contributed by atoms with van der Waals surface area (Å²) in [5.74, 6) is -0.633. The molecule has 0 aliphatic heterocycles. The largest absolute Gasteiger partial charge is 0.454 e. The van der Waals surface area contributed by atoms with E-state index in [1.807, 2.05) is 25.1 Å². The number of carbonyl (C=O) groups is 1. The van der Waals surface area contributed by atoms with Crippen LogP contribution in [0.1, 0.15) is 46.1 Å². The first-order valence-corrected chi connectivity index (χ1v) is 10.0. The van der Waals surface area contributed by atoms with Gasteiger partial charge in [0.25, 0.3) is 18.8 Å². The number of nitrogens with zero attached hydrogens (tertiary/aromatic N) is 3. The Morgan fingerprint density at radius 3 is 2.71 bits per heavy atom. The van der Waals surface area contributed by atoms with Crippen LogP contribution >= 0.6 is 22.9 Å². The number of thiazole rings is 1. The fourth-order valence-corrected chi connectivity index (χ4v) is 4.18. The zero-order valence-electron chi connectivity index (χ0n) is 15.7. The van der Waals surface area contributed by atoms with Gasteiger partial charge in [-0.25, -0.2) is 22.5 Å². The van der Waals surface area contributed by atoms with Gasteiger partial charge in [0.2, 0.25) is 0 Å². The van der Waals surface area contributed by atoms with Crippen molar-refractivity contribution >= 4 is 44.2 Å². The third-order valence-electron chi connectivity index (χ3n) is 4.33. The highest BCUT2D eigenvalue weighted by Crippen LogP contribution is 2.35. The highest BCUT2D eigenvalue weighted by atomic mass is 35.5. The van der Waals surface area contributed by atoms with Crippen LogP contribution in [0.15, 0.2) is 34.7 Å². The third kappa shape index (κ3) is 4.28. The molecule has 1 amide bonds. The van der Waals surface area contributed by atoms with Gasteiger partial charge in [0.15, 0.2) is 10.9 Å². The molecule has 3 heterocycles. The minimum Gasteiger partial charge on any atom is -0.454 e. The van der Waals surface area contributed by atoms with Gasteiger partial charge in [-0.2, -0.15) is 5.10 Å². The van der Waals surface area contributed by atoms with Gasteiger partial charge in [0.1, 0.15) is 17.1 Å². The summed E-state index contributed by atoms with van der Waals surface area (Å²) >= 11 is 6.92. The average molecular weight is 473 g/mol. The number of aromatic nitrogens is 3. The van der Waals surface area contributed by atoms with Crippen LogP contribution in [0, 0.1) is 6.92 Å². The summed E-state index contributed by atoms with van der Waals surface area (Å²) < 4.78 is 59.4. The molecule has 0 saturated carbocycles. The van der Waals surface area contributed by atoms with E-state index in [9.17, 15) is 22.4 Å². The molecule has 0 radical (unpaired) electrons. The van der Waals surface area contributed by atoms with Crippen LogP contribution in [0.25, 0.3) is 10.2 Å². The Kier molecular flexibility index (Phi) is 5.71. The molecule has 0 aliphatic rings. The summed E-state index contributed by atoms with van der Waals surface area (Å²) in [6.07, 6.45) is -6.23. The highest BCUT2D eigenvalue weighted by molar-refractivity contribution is 7.22. The Morgan fingerprint density at radius 2 is 2.00 bits per heavy atom. The van der Waals surface area contributed by atoms with E-state index in [2.05, 4.69) is 15.4 Å². The summed E-state index contributed by atoms with van der Waals surface area (Å²) in [4.78, 5) is 16.8. The van der Waals surface area contributed by atoms with E-state index >= 15 is 0 Å². The second-order valence-electron chi connectivity index (χ2n) is 6.55. The number of rotatable bonds is 6. The molecule has 3 aromatic heterocycles. The Morgan fingerprint density at radius 1 is 1.23 bits per heavy atom. The number of hydrogen-bond acceptors (Lipinski definition) is 5. The first-order chi connectivity index (χ1) is 14.7. The molecule has 6 nitrogen and oxygen atoms in total. The van der Waals surface area contributed by atoms with Crippen LogP contribution in [0.4, 0.5) is 22.7 Å². The number of fused-ring (bicyclic) bond motifs is 1. The van der Waals surface area contributed by atoms with Crippen LogP contribution in [0.5, 0.6) is 0 Å². The Labute approximate surface area is 181 Å². The monoisotopic (exact) mass is 472 g/mol. The molecule has 0 fully saturated rings. The lowest BCUT2D eigenvalue weighted by atomic mass is 10.2. The van der Waals surface area contributed by atoms with E-state index in [0.717, 1.165) is 15.8 Å². The quantitative estimate of drug-likeness (QED) is 0.338. The van der Waals surface area contributed by atoms with Crippen LogP contribution < -0.4 is 5.32 Å². The normalized spacial score (nSPS) is 11.7. The number of aryl methyl sites for hydroxylation is 1. The van der Waals surface area contributed by atoms with Gasteiger partial charge in [-0.3, -0.25) is 14.8 Å². The summed E-state index contributed by atoms with van der Waals surface area (Å²) in [6.45, 7) is 1.54. The molecular weight excluding hydrogens is 460 g/mol. The Bertz CT molecular complexity index is 1270. The first kappa shape index (κ1) is 21.3. The zero-order valence-corrected chi connectivity index (χ0v) is 17.3. The van der Waals surface area contributed by atoms with Gasteiger partial charge in [0.05, 0.1) is 21.8 Å². The van der Waals surface area contributed by atoms with Crippen LogP contribution in [-0.4, -0.2) is 20.7 Å². The summed E-state index contributed by atoms with van der Waals surface area (Å²) in [7, 11) is 0. The van der Waals surface area contributed by atoms with Crippen molar-refractivity contribution < 1.29 is 26.8 Å². The lowest BCUT2D eigenvalue weighted by molar-refractivity contribution is 0.0994. The fraction of sp³-hybridized carbons (Fsp3) is 0.211. The van der Waals surface area contributed by atoms with Crippen molar-refractivity contribution in [1.82, 2.24) is 14.8 Å². The van der Waals surface area contributed by atoms with E-state index < -0.39 is 41.7 Å². The molecule has 4 rings (SSSR count). The number of benzene rings is 1. The molecule has 0 bridgehead atoms. The summed E-state index contributed by atoms with van der Waals surface area (Å²) in [6, 6.07) is 8.39. The van der Waals surface area contributed by atoms with Crippen molar-refractivity contribution in [3.63, 3.8) is 0 Å². The van der Waals surface area contributed by atoms with Gasteiger partial charge in [-0.15, -0.1) is 0 Å². The van der Waals surface area contributed by atoms with Gasteiger partial charge < -0.3 is 4.42 Å². The van der Waals surface area contributed by atoms with Crippen molar-refractivity contribution in [2.75, 3.05) is 5.32 Å². The van der Waals surface area contributed by atoms with E-state index in [1.54, 1.807) is 0 Å². The molecule has 0 spiro atoms. The SMILES string of the molecule is Cc1ccc2nc(NC(=O)c3ccc(Cn4nc(C(F)F)c(Cl)c4C(F)F)o3)sc2c1. The van der Waals surface area contributed by atoms with E-state index in [1.165, 1.54) is 23.5 Å². The van der Waals surface area contributed by atoms with Crippen molar-refractivity contribution in [3.05, 3.63) is 63.8 Å². The zero-order chi connectivity index (χ0) is 22.3. The number of amides is 1. The lowest BCUT2D eigenvalue weighted by Gasteiger charge is -2.05. The highest BCUT2D eigenvalue weighted by Gasteiger charge is 2.28. The predicted molar refractivity (Wildman–Crippen MR) is 107 cm³/mol.